The van der Waals surface area contributed by atoms with Crippen LogP contribution in [0.15, 0.2) is 67.0 Å². The van der Waals surface area contributed by atoms with Gasteiger partial charge in [-0.1, -0.05) is 48.5 Å². The van der Waals surface area contributed by atoms with Gasteiger partial charge in [0.25, 0.3) is 0 Å². The first-order valence-corrected chi connectivity index (χ1v) is 9.90. The number of pyridine rings is 1. The Kier molecular flexibility index (Phi) is 6.05. The van der Waals surface area contributed by atoms with E-state index in [-0.39, 0.29) is 31.8 Å². The molecular weight excluding hydrogens is 383 g/mol. The lowest BCUT2D eigenvalue weighted by molar-refractivity contribution is 0.0934. The lowest BCUT2D eigenvalue weighted by Crippen LogP contribution is -2.36. The summed E-state index contributed by atoms with van der Waals surface area (Å²) in [7, 11) is 0. The topological polar surface area (TPSA) is 60.5 Å². The summed E-state index contributed by atoms with van der Waals surface area (Å²) >= 11 is 0. The molecule has 0 aliphatic heterocycles. The van der Waals surface area contributed by atoms with Crippen LogP contribution in [0.4, 0.5) is 9.18 Å². The minimum absolute atomic E-state index is 0.0233. The number of amides is 1. The maximum Gasteiger partial charge on any atom is 0.407 e. The molecule has 1 aromatic heterocycles. The van der Waals surface area contributed by atoms with Crippen LogP contribution in [0.5, 0.6) is 0 Å². The van der Waals surface area contributed by atoms with Crippen LogP contribution in [0.3, 0.4) is 0 Å². The van der Waals surface area contributed by atoms with Gasteiger partial charge in [-0.3, -0.25) is 4.98 Å². The molecule has 0 bridgehead atoms. The Bertz CT molecular complexity index is 995. The third-order valence-electron chi connectivity index (χ3n) is 5.11. The molecule has 1 amide bonds. The van der Waals surface area contributed by atoms with Crippen molar-refractivity contribution in [2.75, 3.05) is 13.2 Å². The monoisotopic (exact) mass is 406 g/mol. The molecule has 0 saturated carbocycles. The normalized spacial score (nSPS) is 13.4. The van der Waals surface area contributed by atoms with Crippen molar-refractivity contribution in [1.82, 2.24) is 10.3 Å². The van der Waals surface area contributed by atoms with Crippen molar-refractivity contribution < 1.29 is 18.7 Å². The van der Waals surface area contributed by atoms with E-state index in [1.807, 2.05) is 31.2 Å². The second-order valence-electron chi connectivity index (χ2n) is 7.40. The molecule has 1 N–H and O–H groups in total. The highest BCUT2D eigenvalue weighted by molar-refractivity contribution is 5.79. The summed E-state index contributed by atoms with van der Waals surface area (Å²) in [5.74, 6) is -0.379. The number of aromatic nitrogens is 1. The molecule has 30 heavy (non-hydrogen) atoms. The molecule has 0 unspecified atom stereocenters. The Morgan fingerprint density at radius 3 is 2.43 bits per heavy atom. The van der Waals surface area contributed by atoms with E-state index in [9.17, 15) is 9.18 Å². The second-order valence-corrected chi connectivity index (χ2v) is 7.40. The van der Waals surface area contributed by atoms with Crippen LogP contribution in [-0.2, 0) is 16.1 Å². The van der Waals surface area contributed by atoms with Gasteiger partial charge in [0.15, 0.2) is 0 Å². The molecule has 1 heterocycles. The van der Waals surface area contributed by atoms with E-state index < -0.39 is 11.9 Å². The average molecular weight is 406 g/mol. The molecule has 6 heteroatoms. The van der Waals surface area contributed by atoms with Crippen molar-refractivity contribution in [2.24, 2.45) is 0 Å². The number of halogens is 1. The Hall–Kier alpha value is -3.25. The van der Waals surface area contributed by atoms with Gasteiger partial charge < -0.3 is 14.8 Å². The first kappa shape index (κ1) is 20.0. The fourth-order valence-corrected chi connectivity index (χ4v) is 3.77. The largest absolute Gasteiger partial charge is 0.449 e. The summed E-state index contributed by atoms with van der Waals surface area (Å²) in [5, 5.41) is 2.77. The zero-order valence-corrected chi connectivity index (χ0v) is 16.7. The van der Waals surface area contributed by atoms with Crippen molar-refractivity contribution >= 4 is 6.09 Å². The van der Waals surface area contributed by atoms with Gasteiger partial charge in [-0.05, 0) is 40.8 Å². The number of alkyl carbamates (subject to hydrolysis) is 1. The van der Waals surface area contributed by atoms with Crippen molar-refractivity contribution in [3.8, 4) is 11.1 Å². The van der Waals surface area contributed by atoms with Crippen LogP contribution in [0, 0.1) is 5.82 Å². The van der Waals surface area contributed by atoms with E-state index in [0.717, 1.165) is 6.20 Å². The van der Waals surface area contributed by atoms with E-state index in [1.165, 1.54) is 28.3 Å². The van der Waals surface area contributed by atoms with Crippen molar-refractivity contribution in [1.29, 1.82) is 0 Å². The van der Waals surface area contributed by atoms with Crippen molar-refractivity contribution in [2.45, 2.75) is 25.5 Å². The van der Waals surface area contributed by atoms with Gasteiger partial charge in [-0.2, -0.15) is 0 Å². The van der Waals surface area contributed by atoms with Gasteiger partial charge in [0, 0.05) is 12.1 Å². The number of nitrogens with zero attached hydrogens (tertiary/aromatic N) is 1. The van der Waals surface area contributed by atoms with Gasteiger partial charge in [0.1, 0.15) is 12.4 Å². The summed E-state index contributed by atoms with van der Waals surface area (Å²) in [6.07, 6.45) is 2.21. The molecule has 2 aromatic carbocycles. The zero-order valence-electron chi connectivity index (χ0n) is 16.7. The molecular formula is C24H23FN2O3. The third kappa shape index (κ3) is 4.49. The number of hydrogen-bond acceptors (Lipinski definition) is 4. The highest BCUT2D eigenvalue weighted by atomic mass is 19.1. The Labute approximate surface area is 174 Å². The molecule has 1 aliphatic carbocycles. The summed E-state index contributed by atoms with van der Waals surface area (Å²) in [5.41, 5.74) is 5.37. The van der Waals surface area contributed by atoms with E-state index >= 15 is 0 Å². The van der Waals surface area contributed by atoms with Crippen LogP contribution in [-0.4, -0.2) is 30.3 Å². The number of carbonyl (C=O) groups is 1. The number of carbonyl (C=O) groups excluding carboxylic acids is 1. The number of fused-ring (bicyclic) bond motifs is 3. The molecule has 4 rings (SSSR count). The maximum atomic E-state index is 13.1. The number of nitrogens with one attached hydrogen (secondary N) is 1. The fourth-order valence-electron chi connectivity index (χ4n) is 3.77. The first-order valence-electron chi connectivity index (χ1n) is 9.90. The first-order chi connectivity index (χ1) is 14.6. The smallest absolute Gasteiger partial charge is 0.407 e. The number of rotatable bonds is 7. The molecule has 154 valence electrons. The number of benzene rings is 2. The lowest BCUT2D eigenvalue weighted by Gasteiger charge is -2.17. The average Bonchev–Trinajstić information content (AvgIpc) is 3.06. The van der Waals surface area contributed by atoms with Crippen LogP contribution >= 0.6 is 0 Å². The van der Waals surface area contributed by atoms with Gasteiger partial charge in [-0.25, -0.2) is 9.18 Å². The van der Waals surface area contributed by atoms with Gasteiger partial charge in [-0.15, -0.1) is 0 Å². The van der Waals surface area contributed by atoms with Gasteiger partial charge in [0.2, 0.25) is 0 Å². The van der Waals surface area contributed by atoms with E-state index in [1.54, 1.807) is 6.20 Å². The van der Waals surface area contributed by atoms with Crippen molar-refractivity contribution in [3.63, 3.8) is 0 Å². The Morgan fingerprint density at radius 2 is 1.77 bits per heavy atom. The molecule has 0 saturated heterocycles. The highest BCUT2D eigenvalue weighted by Gasteiger charge is 2.29. The van der Waals surface area contributed by atoms with Crippen LogP contribution in [0.2, 0.25) is 0 Å². The quantitative estimate of drug-likeness (QED) is 0.620. The Morgan fingerprint density at radius 1 is 1.10 bits per heavy atom. The number of hydrogen-bond donors (Lipinski definition) is 1. The summed E-state index contributed by atoms with van der Waals surface area (Å²) < 4.78 is 24.2. The molecule has 0 spiro atoms. The Balaban J connectivity index is 1.28. The summed E-state index contributed by atoms with van der Waals surface area (Å²) in [6, 6.07) is 17.5. The van der Waals surface area contributed by atoms with Crippen molar-refractivity contribution in [3.05, 3.63) is 89.5 Å². The third-order valence-corrected chi connectivity index (χ3v) is 5.11. The van der Waals surface area contributed by atoms with Crippen LogP contribution in [0.25, 0.3) is 11.1 Å². The standard InChI is InChI=1S/C24H23FN2O3/c1-16(13-29-14-17-10-18(25)12-26-11-17)27-24(28)30-15-23-21-8-4-2-6-19(21)20-7-3-5-9-22(20)23/h2-12,16,23H,13-15H2,1H3,(H,27,28)/t16-/m0/s1. The predicted molar refractivity (Wildman–Crippen MR) is 112 cm³/mol. The molecule has 0 fully saturated rings. The molecule has 3 aromatic rings. The van der Waals surface area contributed by atoms with Crippen LogP contribution in [0.1, 0.15) is 29.5 Å². The summed E-state index contributed by atoms with van der Waals surface area (Å²) in [6.45, 7) is 2.59. The van der Waals surface area contributed by atoms with Crippen LogP contribution < -0.4 is 5.32 Å². The SMILES string of the molecule is C[C@@H](COCc1cncc(F)c1)NC(=O)OCC1c2ccccc2-c2ccccc21. The van der Waals surface area contributed by atoms with Gasteiger partial charge >= 0.3 is 6.09 Å². The minimum Gasteiger partial charge on any atom is -0.449 e. The lowest BCUT2D eigenvalue weighted by atomic mass is 9.98. The minimum atomic E-state index is -0.486. The molecule has 1 atom stereocenters. The zero-order chi connectivity index (χ0) is 20.9. The van der Waals surface area contributed by atoms with E-state index in [4.69, 9.17) is 9.47 Å². The summed E-state index contributed by atoms with van der Waals surface area (Å²) in [4.78, 5) is 16.0. The highest BCUT2D eigenvalue weighted by Crippen LogP contribution is 2.44. The molecule has 0 radical (unpaired) electrons. The number of ether oxygens (including phenoxy) is 2. The van der Waals surface area contributed by atoms with E-state index in [2.05, 4.69) is 34.6 Å². The second kappa shape index (κ2) is 9.05. The van der Waals surface area contributed by atoms with Gasteiger partial charge in [0.05, 0.1) is 25.5 Å². The molecule has 5 nitrogen and oxygen atoms in total. The predicted octanol–water partition coefficient (Wildman–Crippen LogP) is 4.66. The maximum absolute atomic E-state index is 13.1. The fraction of sp³-hybridized carbons (Fsp3) is 0.250. The van der Waals surface area contributed by atoms with E-state index in [0.29, 0.717) is 5.56 Å². The molecule has 1 aliphatic rings.